The van der Waals surface area contributed by atoms with E-state index < -0.39 is 0 Å². The topological polar surface area (TPSA) is 43.0 Å². The normalized spacial score (nSPS) is 13.8. The number of ether oxygens (including phenoxy) is 3. The fourth-order valence-electron chi connectivity index (χ4n) is 3.83. The first-order chi connectivity index (χ1) is 14.5. The van der Waals surface area contributed by atoms with Crippen molar-refractivity contribution in [1.82, 2.24) is 4.90 Å². The highest BCUT2D eigenvalue weighted by molar-refractivity contribution is 7.80. The van der Waals surface area contributed by atoms with Gasteiger partial charge in [-0.3, -0.25) is 0 Å². The molecular formula is C22H26Cl2N2O3S. The van der Waals surface area contributed by atoms with E-state index in [1.54, 1.807) is 33.5 Å². The van der Waals surface area contributed by atoms with Gasteiger partial charge in [0, 0.05) is 23.2 Å². The molecule has 1 aliphatic rings. The highest BCUT2D eigenvalue weighted by Crippen LogP contribution is 2.41. The lowest BCUT2D eigenvalue weighted by atomic mass is 10.1. The Morgan fingerprint density at radius 1 is 1.03 bits per heavy atom. The van der Waals surface area contributed by atoms with Crippen LogP contribution in [0.2, 0.25) is 10.0 Å². The molecule has 8 heteroatoms. The molecule has 0 aliphatic heterocycles. The zero-order valence-electron chi connectivity index (χ0n) is 17.3. The van der Waals surface area contributed by atoms with Gasteiger partial charge in [-0.25, -0.2) is 0 Å². The van der Waals surface area contributed by atoms with Crippen molar-refractivity contribution in [2.24, 2.45) is 0 Å². The second-order valence-corrected chi connectivity index (χ2v) is 8.34. The van der Waals surface area contributed by atoms with Crippen molar-refractivity contribution >= 4 is 46.2 Å². The molecule has 1 fully saturated rings. The molecule has 2 aromatic rings. The molecule has 1 aliphatic carbocycles. The van der Waals surface area contributed by atoms with E-state index in [1.165, 1.54) is 12.8 Å². The first-order valence-electron chi connectivity index (χ1n) is 9.79. The SMILES string of the molecule is COc1ccc(CN(C(=S)Nc2ccc(Cl)cc2Cl)C2CCCC2)c(OC)c1OC. The molecular weight excluding hydrogens is 443 g/mol. The minimum Gasteiger partial charge on any atom is -0.493 e. The first-order valence-corrected chi connectivity index (χ1v) is 11.0. The maximum absolute atomic E-state index is 6.34. The number of halogens is 2. The average molecular weight is 469 g/mol. The van der Waals surface area contributed by atoms with E-state index in [9.17, 15) is 0 Å². The van der Waals surface area contributed by atoms with Crippen LogP contribution in [0.5, 0.6) is 17.2 Å². The van der Waals surface area contributed by atoms with Crippen LogP contribution in [0, 0.1) is 0 Å². The van der Waals surface area contributed by atoms with Gasteiger partial charge in [0.05, 0.1) is 32.0 Å². The fourth-order valence-corrected chi connectivity index (χ4v) is 4.61. The number of rotatable bonds is 7. The van der Waals surface area contributed by atoms with Crippen molar-refractivity contribution in [1.29, 1.82) is 0 Å². The summed E-state index contributed by atoms with van der Waals surface area (Å²) in [4.78, 5) is 2.21. The van der Waals surface area contributed by atoms with E-state index in [-0.39, 0.29) is 0 Å². The van der Waals surface area contributed by atoms with Crippen molar-refractivity contribution in [2.45, 2.75) is 38.3 Å². The molecule has 0 bridgehead atoms. The molecule has 0 radical (unpaired) electrons. The molecule has 0 atom stereocenters. The lowest BCUT2D eigenvalue weighted by Crippen LogP contribution is -2.41. The molecule has 1 saturated carbocycles. The van der Waals surface area contributed by atoms with Crippen LogP contribution in [0.3, 0.4) is 0 Å². The average Bonchev–Trinajstić information content (AvgIpc) is 3.27. The lowest BCUT2D eigenvalue weighted by molar-refractivity contribution is 0.295. The number of anilines is 1. The Kier molecular flexibility index (Phi) is 7.92. The number of methoxy groups -OCH3 is 3. The Hall–Kier alpha value is -1.89. The van der Waals surface area contributed by atoms with Crippen LogP contribution in [0.4, 0.5) is 5.69 Å². The van der Waals surface area contributed by atoms with Gasteiger partial charge in [0.1, 0.15) is 0 Å². The Bertz CT molecular complexity index is 904. The number of benzene rings is 2. The Morgan fingerprint density at radius 2 is 1.73 bits per heavy atom. The molecule has 5 nitrogen and oxygen atoms in total. The maximum Gasteiger partial charge on any atom is 0.203 e. The molecule has 0 aromatic heterocycles. The third kappa shape index (κ3) is 5.05. The monoisotopic (exact) mass is 468 g/mol. The van der Waals surface area contributed by atoms with E-state index in [0.29, 0.717) is 45.0 Å². The molecule has 0 unspecified atom stereocenters. The van der Waals surface area contributed by atoms with Crippen LogP contribution >= 0.6 is 35.4 Å². The number of thiocarbonyl (C=S) groups is 1. The van der Waals surface area contributed by atoms with Crippen LogP contribution in [0.1, 0.15) is 31.2 Å². The van der Waals surface area contributed by atoms with Gasteiger partial charge in [0.15, 0.2) is 16.6 Å². The molecule has 0 amide bonds. The molecule has 30 heavy (non-hydrogen) atoms. The van der Waals surface area contributed by atoms with Gasteiger partial charge in [-0.15, -0.1) is 0 Å². The Balaban J connectivity index is 1.90. The summed E-state index contributed by atoms with van der Waals surface area (Å²) in [6, 6.07) is 9.53. The van der Waals surface area contributed by atoms with Gasteiger partial charge >= 0.3 is 0 Å². The van der Waals surface area contributed by atoms with Gasteiger partial charge in [-0.05, 0) is 55.4 Å². The summed E-state index contributed by atoms with van der Waals surface area (Å²) >= 11 is 18.2. The van der Waals surface area contributed by atoms with Crippen LogP contribution in [0.15, 0.2) is 30.3 Å². The fraction of sp³-hybridized carbons (Fsp3) is 0.409. The van der Waals surface area contributed by atoms with Crippen molar-refractivity contribution < 1.29 is 14.2 Å². The minimum absolute atomic E-state index is 0.342. The highest BCUT2D eigenvalue weighted by atomic mass is 35.5. The highest BCUT2D eigenvalue weighted by Gasteiger charge is 2.27. The third-order valence-electron chi connectivity index (χ3n) is 5.33. The van der Waals surface area contributed by atoms with Gasteiger partial charge < -0.3 is 24.4 Å². The summed E-state index contributed by atoms with van der Waals surface area (Å²) in [7, 11) is 4.84. The van der Waals surface area contributed by atoms with Gasteiger partial charge in [-0.1, -0.05) is 36.0 Å². The largest absolute Gasteiger partial charge is 0.493 e. The van der Waals surface area contributed by atoms with Crippen molar-refractivity contribution in [3.05, 3.63) is 45.9 Å². The lowest BCUT2D eigenvalue weighted by Gasteiger charge is -2.32. The molecule has 2 aromatic carbocycles. The van der Waals surface area contributed by atoms with E-state index >= 15 is 0 Å². The Labute approximate surface area is 193 Å². The smallest absolute Gasteiger partial charge is 0.203 e. The quantitative estimate of drug-likeness (QED) is 0.490. The van der Waals surface area contributed by atoms with Crippen molar-refractivity contribution in [3.63, 3.8) is 0 Å². The molecule has 162 valence electrons. The van der Waals surface area contributed by atoms with Gasteiger partial charge in [0.2, 0.25) is 5.75 Å². The zero-order chi connectivity index (χ0) is 21.7. The molecule has 0 spiro atoms. The van der Waals surface area contributed by atoms with Gasteiger partial charge in [-0.2, -0.15) is 0 Å². The van der Waals surface area contributed by atoms with Crippen LogP contribution < -0.4 is 19.5 Å². The predicted octanol–water partition coefficient (Wildman–Crippen LogP) is 6.16. The van der Waals surface area contributed by atoms with Crippen molar-refractivity contribution in [3.8, 4) is 17.2 Å². The van der Waals surface area contributed by atoms with Gasteiger partial charge in [0.25, 0.3) is 0 Å². The summed E-state index contributed by atoms with van der Waals surface area (Å²) in [5.41, 5.74) is 1.70. The molecule has 3 rings (SSSR count). The molecule has 0 saturated heterocycles. The van der Waals surface area contributed by atoms with E-state index in [0.717, 1.165) is 24.1 Å². The zero-order valence-corrected chi connectivity index (χ0v) is 19.7. The summed E-state index contributed by atoms with van der Waals surface area (Å²) in [6.45, 7) is 0.575. The Morgan fingerprint density at radius 3 is 2.33 bits per heavy atom. The van der Waals surface area contributed by atoms with Crippen molar-refractivity contribution in [2.75, 3.05) is 26.6 Å². The van der Waals surface area contributed by atoms with E-state index in [2.05, 4.69) is 10.2 Å². The standard InChI is InChI=1S/C22H26Cl2N2O3S/c1-27-19-11-8-14(20(28-2)21(19)29-3)13-26(16-6-4-5-7-16)22(30)25-18-10-9-15(23)12-17(18)24/h8-12,16H,4-7,13H2,1-3H3,(H,25,30). The number of hydrogen-bond donors (Lipinski definition) is 1. The summed E-state index contributed by atoms with van der Waals surface area (Å²) in [5.74, 6) is 1.84. The van der Waals surface area contributed by atoms with E-state index in [4.69, 9.17) is 49.6 Å². The maximum atomic E-state index is 6.34. The number of hydrogen-bond acceptors (Lipinski definition) is 4. The van der Waals surface area contributed by atoms with Crippen LogP contribution in [-0.4, -0.2) is 37.4 Å². The van der Waals surface area contributed by atoms with E-state index in [1.807, 2.05) is 18.2 Å². The number of nitrogens with zero attached hydrogens (tertiary/aromatic N) is 1. The predicted molar refractivity (Wildman–Crippen MR) is 127 cm³/mol. The molecule has 0 heterocycles. The number of nitrogens with one attached hydrogen (secondary N) is 1. The summed E-state index contributed by atoms with van der Waals surface area (Å²) in [6.07, 6.45) is 4.56. The van der Waals surface area contributed by atoms with Crippen LogP contribution in [0.25, 0.3) is 0 Å². The molecule has 1 N–H and O–H groups in total. The summed E-state index contributed by atoms with van der Waals surface area (Å²) in [5, 5.41) is 5.02. The second kappa shape index (κ2) is 10.4. The first kappa shape index (κ1) is 22.8. The third-order valence-corrected chi connectivity index (χ3v) is 6.21. The minimum atomic E-state index is 0.342. The second-order valence-electron chi connectivity index (χ2n) is 7.11. The van der Waals surface area contributed by atoms with Crippen LogP contribution in [-0.2, 0) is 6.54 Å². The summed E-state index contributed by atoms with van der Waals surface area (Å²) < 4.78 is 16.6.